The van der Waals surface area contributed by atoms with E-state index >= 15 is 0 Å². The number of nitrogens with two attached hydrogens (primary N) is 1. The molecule has 0 aromatic rings. The molecule has 0 aliphatic carbocycles. The van der Waals surface area contributed by atoms with Crippen LogP contribution >= 0.6 is 0 Å². The highest BCUT2D eigenvalue weighted by atomic mass is 15.2. The Bertz CT molecular complexity index is 170. The lowest BCUT2D eigenvalue weighted by Crippen LogP contribution is -2.59. The fourth-order valence-corrected chi connectivity index (χ4v) is 3.04. The minimum Gasteiger partial charge on any atom is -0.326 e. The fourth-order valence-electron chi connectivity index (χ4n) is 3.04. The van der Waals surface area contributed by atoms with Crippen LogP contribution in [0.5, 0.6) is 0 Å². The molecule has 0 spiro atoms. The quantitative estimate of drug-likeness (QED) is 0.691. The first-order chi connectivity index (χ1) is 7.48. The van der Waals surface area contributed by atoms with Gasteiger partial charge in [-0.25, -0.2) is 0 Å². The lowest BCUT2D eigenvalue weighted by atomic mass is 9.79. The van der Waals surface area contributed by atoms with Gasteiger partial charge >= 0.3 is 0 Å². The maximum atomic E-state index is 6.49. The van der Waals surface area contributed by atoms with Crippen LogP contribution in [0.4, 0.5) is 0 Å². The lowest BCUT2D eigenvalue weighted by Gasteiger charge is -2.47. The van der Waals surface area contributed by atoms with E-state index in [0.29, 0.717) is 12.0 Å². The zero-order valence-electron chi connectivity index (χ0n) is 12.2. The molecule has 0 bridgehead atoms. The highest BCUT2D eigenvalue weighted by Gasteiger charge is 2.37. The van der Waals surface area contributed by atoms with Crippen molar-refractivity contribution >= 4 is 0 Å². The van der Waals surface area contributed by atoms with Crippen LogP contribution in [-0.4, -0.2) is 29.6 Å². The number of hydrogen-bond donors (Lipinski definition) is 1. The Kier molecular flexibility index (Phi) is 7.25. The van der Waals surface area contributed by atoms with E-state index in [9.17, 15) is 0 Å². The maximum absolute atomic E-state index is 6.49. The Balaban J connectivity index is 4.90. The van der Waals surface area contributed by atoms with E-state index in [1.54, 1.807) is 0 Å². The van der Waals surface area contributed by atoms with Crippen molar-refractivity contribution in [3.05, 3.63) is 0 Å². The second kappa shape index (κ2) is 7.29. The van der Waals surface area contributed by atoms with Gasteiger partial charge in [-0.1, -0.05) is 41.5 Å². The monoisotopic (exact) mass is 228 g/mol. The molecular weight excluding hydrogens is 196 g/mol. The van der Waals surface area contributed by atoms with Crippen LogP contribution in [0.25, 0.3) is 0 Å². The number of hydrogen-bond acceptors (Lipinski definition) is 2. The van der Waals surface area contributed by atoms with Gasteiger partial charge in [-0.15, -0.1) is 0 Å². The molecule has 98 valence electrons. The summed E-state index contributed by atoms with van der Waals surface area (Å²) < 4.78 is 0. The van der Waals surface area contributed by atoms with Gasteiger partial charge in [0.1, 0.15) is 0 Å². The van der Waals surface area contributed by atoms with Gasteiger partial charge < -0.3 is 5.73 Å². The summed E-state index contributed by atoms with van der Waals surface area (Å²) in [6.07, 6.45) is 3.43. The van der Waals surface area contributed by atoms with Crippen molar-refractivity contribution in [2.75, 3.05) is 13.1 Å². The standard InChI is InChI=1S/C14H32N2/c1-7-14(8-2,16(9-3)10-4)13(15)11-12(5)6/h12-13H,7-11,15H2,1-6H3. The molecule has 0 saturated carbocycles. The molecular formula is C14H32N2. The largest absolute Gasteiger partial charge is 0.326 e. The highest BCUT2D eigenvalue weighted by Crippen LogP contribution is 2.29. The molecule has 0 aliphatic rings. The predicted molar refractivity (Wildman–Crippen MR) is 73.7 cm³/mol. The Morgan fingerprint density at radius 3 is 1.69 bits per heavy atom. The van der Waals surface area contributed by atoms with Crippen LogP contribution in [0.1, 0.15) is 60.8 Å². The number of rotatable bonds is 8. The topological polar surface area (TPSA) is 29.3 Å². The average molecular weight is 228 g/mol. The zero-order chi connectivity index (χ0) is 12.8. The predicted octanol–water partition coefficient (Wildman–Crippen LogP) is 3.26. The van der Waals surface area contributed by atoms with Crippen molar-refractivity contribution in [3.63, 3.8) is 0 Å². The maximum Gasteiger partial charge on any atom is 0.0355 e. The fraction of sp³-hybridized carbons (Fsp3) is 1.00. The molecule has 0 aromatic heterocycles. The van der Waals surface area contributed by atoms with Crippen LogP contribution in [0.3, 0.4) is 0 Å². The summed E-state index contributed by atoms with van der Waals surface area (Å²) in [5.41, 5.74) is 6.69. The molecule has 2 heteroatoms. The van der Waals surface area contributed by atoms with E-state index in [1.807, 2.05) is 0 Å². The summed E-state index contributed by atoms with van der Waals surface area (Å²) in [5, 5.41) is 0. The average Bonchev–Trinajstić information content (AvgIpc) is 2.24. The molecule has 0 rings (SSSR count). The highest BCUT2D eigenvalue weighted by molar-refractivity contribution is 4.97. The molecule has 0 radical (unpaired) electrons. The molecule has 16 heavy (non-hydrogen) atoms. The van der Waals surface area contributed by atoms with E-state index in [-0.39, 0.29) is 5.54 Å². The summed E-state index contributed by atoms with van der Waals surface area (Å²) in [6, 6.07) is 0.294. The Morgan fingerprint density at radius 2 is 1.44 bits per heavy atom. The molecule has 2 nitrogen and oxygen atoms in total. The van der Waals surface area contributed by atoms with Crippen molar-refractivity contribution in [2.24, 2.45) is 11.7 Å². The summed E-state index contributed by atoms with van der Waals surface area (Å²) in [4.78, 5) is 2.56. The molecule has 0 aromatic carbocycles. The van der Waals surface area contributed by atoms with Gasteiger partial charge in [-0.3, -0.25) is 4.90 Å². The molecule has 0 amide bonds. The Hall–Kier alpha value is -0.0800. The van der Waals surface area contributed by atoms with Crippen molar-refractivity contribution in [3.8, 4) is 0 Å². The van der Waals surface area contributed by atoms with Gasteiger partial charge in [0, 0.05) is 11.6 Å². The van der Waals surface area contributed by atoms with E-state index < -0.39 is 0 Å². The van der Waals surface area contributed by atoms with Crippen LogP contribution < -0.4 is 5.73 Å². The van der Waals surface area contributed by atoms with E-state index in [4.69, 9.17) is 5.73 Å². The van der Waals surface area contributed by atoms with Crippen molar-refractivity contribution in [1.29, 1.82) is 0 Å². The van der Waals surface area contributed by atoms with Crippen molar-refractivity contribution < 1.29 is 0 Å². The van der Waals surface area contributed by atoms with Crippen LogP contribution in [0, 0.1) is 5.92 Å². The third-order valence-corrected chi connectivity index (χ3v) is 4.03. The van der Waals surface area contributed by atoms with Gasteiger partial charge in [0.2, 0.25) is 0 Å². The van der Waals surface area contributed by atoms with Gasteiger partial charge in [0.25, 0.3) is 0 Å². The third kappa shape index (κ3) is 3.46. The van der Waals surface area contributed by atoms with E-state index in [1.165, 1.54) is 0 Å². The second-order valence-corrected chi connectivity index (χ2v) is 5.22. The molecule has 0 fully saturated rings. The first-order valence-corrected chi connectivity index (χ1v) is 6.98. The minimum atomic E-state index is 0.202. The lowest BCUT2D eigenvalue weighted by molar-refractivity contribution is 0.0559. The first-order valence-electron chi connectivity index (χ1n) is 6.98. The second-order valence-electron chi connectivity index (χ2n) is 5.22. The Morgan fingerprint density at radius 1 is 1.00 bits per heavy atom. The molecule has 2 N–H and O–H groups in total. The Labute approximate surface area is 103 Å². The summed E-state index contributed by atoms with van der Waals surface area (Å²) >= 11 is 0. The van der Waals surface area contributed by atoms with Crippen molar-refractivity contribution in [1.82, 2.24) is 4.90 Å². The number of nitrogens with zero attached hydrogens (tertiary/aromatic N) is 1. The molecule has 1 atom stereocenters. The third-order valence-electron chi connectivity index (χ3n) is 4.03. The normalized spacial score (nSPS) is 14.8. The first kappa shape index (κ1) is 15.9. The van der Waals surface area contributed by atoms with Gasteiger partial charge in [-0.05, 0) is 38.3 Å². The van der Waals surface area contributed by atoms with E-state index in [0.717, 1.165) is 32.4 Å². The van der Waals surface area contributed by atoms with Crippen LogP contribution in [0.15, 0.2) is 0 Å². The molecule has 0 saturated heterocycles. The van der Waals surface area contributed by atoms with Crippen LogP contribution in [-0.2, 0) is 0 Å². The SMILES string of the molecule is CCN(CC)C(CC)(CC)C(N)CC(C)C. The van der Waals surface area contributed by atoms with Gasteiger partial charge in [-0.2, -0.15) is 0 Å². The minimum absolute atomic E-state index is 0.202. The van der Waals surface area contributed by atoms with Crippen molar-refractivity contribution in [2.45, 2.75) is 72.4 Å². The molecule has 0 aliphatic heterocycles. The molecule has 0 heterocycles. The van der Waals surface area contributed by atoms with Crippen LogP contribution in [0.2, 0.25) is 0 Å². The molecule has 1 unspecified atom stereocenters. The van der Waals surface area contributed by atoms with E-state index in [2.05, 4.69) is 46.4 Å². The summed E-state index contributed by atoms with van der Waals surface area (Å²) in [7, 11) is 0. The van der Waals surface area contributed by atoms with Gasteiger partial charge in [0.15, 0.2) is 0 Å². The summed E-state index contributed by atoms with van der Waals surface area (Å²) in [6.45, 7) is 15.8. The summed E-state index contributed by atoms with van der Waals surface area (Å²) in [5.74, 6) is 0.683. The smallest absolute Gasteiger partial charge is 0.0355 e. The zero-order valence-corrected chi connectivity index (χ0v) is 12.2. The van der Waals surface area contributed by atoms with Gasteiger partial charge in [0.05, 0.1) is 0 Å². The number of likely N-dealkylation sites (N-methyl/N-ethyl adjacent to an activating group) is 1.